The van der Waals surface area contributed by atoms with Crippen LogP contribution >= 0.6 is 0 Å². The Hall–Kier alpha value is -2.15. The first-order valence-electron chi connectivity index (χ1n) is 7.44. The van der Waals surface area contributed by atoms with Crippen LogP contribution in [-0.4, -0.2) is 46.8 Å². The lowest BCUT2D eigenvalue weighted by Gasteiger charge is -2.23. The van der Waals surface area contributed by atoms with Gasteiger partial charge < -0.3 is 10.0 Å². The second kappa shape index (κ2) is 6.76. The number of benzene rings is 1. The molecular formula is C17H19F3N2O2. The molecule has 1 unspecified atom stereocenters. The molecule has 24 heavy (non-hydrogen) atoms. The van der Waals surface area contributed by atoms with Gasteiger partial charge in [0.25, 0.3) is 0 Å². The molecule has 0 radical (unpaired) electrons. The van der Waals surface area contributed by atoms with Crippen molar-refractivity contribution in [3.63, 3.8) is 0 Å². The van der Waals surface area contributed by atoms with Gasteiger partial charge in [-0.05, 0) is 31.0 Å². The van der Waals surface area contributed by atoms with Gasteiger partial charge in [0.05, 0.1) is 18.5 Å². The smallest absolute Gasteiger partial charge is 0.382 e. The number of carbonyl (C=O) groups is 1. The number of hydrogen-bond donors (Lipinski definition) is 1. The number of aliphatic hydroxyl groups is 1. The number of nitrogens with zero attached hydrogens (tertiary/aromatic N) is 2. The van der Waals surface area contributed by atoms with Crippen LogP contribution in [0.25, 0.3) is 10.9 Å². The van der Waals surface area contributed by atoms with Gasteiger partial charge in [0.1, 0.15) is 0 Å². The van der Waals surface area contributed by atoms with Crippen LogP contribution in [0.5, 0.6) is 0 Å². The Morgan fingerprint density at radius 1 is 1.29 bits per heavy atom. The summed E-state index contributed by atoms with van der Waals surface area (Å²) in [5, 5.41) is 10.00. The molecule has 0 aliphatic heterocycles. The fraction of sp³-hybridized carbons (Fsp3) is 0.412. The molecule has 1 amide bonds. The molecule has 0 fully saturated rings. The van der Waals surface area contributed by atoms with E-state index in [1.165, 1.54) is 7.05 Å². The van der Waals surface area contributed by atoms with Crippen molar-refractivity contribution in [1.29, 1.82) is 0 Å². The number of pyridine rings is 1. The molecule has 0 aliphatic carbocycles. The third-order valence-electron chi connectivity index (χ3n) is 4.06. The van der Waals surface area contributed by atoms with E-state index in [1.54, 1.807) is 6.92 Å². The largest absolute Gasteiger partial charge is 0.416 e. The van der Waals surface area contributed by atoms with Gasteiger partial charge in [-0.3, -0.25) is 9.78 Å². The highest BCUT2D eigenvalue weighted by Crippen LogP contribution is 2.24. The maximum Gasteiger partial charge on any atom is 0.416 e. The molecule has 0 saturated heterocycles. The minimum Gasteiger partial charge on any atom is -0.382 e. The van der Waals surface area contributed by atoms with Gasteiger partial charge in [-0.25, -0.2) is 0 Å². The van der Waals surface area contributed by atoms with Crippen molar-refractivity contribution in [2.45, 2.75) is 32.5 Å². The highest BCUT2D eigenvalue weighted by atomic mass is 19.4. The predicted octanol–water partition coefficient (Wildman–Crippen LogP) is 2.78. The van der Waals surface area contributed by atoms with Crippen LogP contribution in [0, 0.1) is 13.8 Å². The van der Waals surface area contributed by atoms with E-state index in [-0.39, 0.29) is 6.42 Å². The molecule has 7 heteroatoms. The summed E-state index contributed by atoms with van der Waals surface area (Å²) in [7, 11) is 1.25. The van der Waals surface area contributed by atoms with Crippen molar-refractivity contribution < 1.29 is 23.1 Å². The standard InChI is InChI=1S/C17H19F3N2O2/c1-10-12-6-4-5-7-14(12)21-11(2)13(10)8-16(24)22(3)9-15(23)17(18,19)20/h4-7,15,23H,8-9H2,1-3H3. The van der Waals surface area contributed by atoms with Crippen molar-refractivity contribution in [3.8, 4) is 0 Å². The lowest BCUT2D eigenvalue weighted by atomic mass is 9.99. The number of hydrogen-bond acceptors (Lipinski definition) is 3. The van der Waals surface area contributed by atoms with Crippen molar-refractivity contribution in [2.24, 2.45) is 0 Å². The maximum atomic E-state index is 12.4. The van der Waals surface area contributed by atoms with E-state index in [0.717, 1.165) is 21.4 Å². The Kier molecular flexibility index (Phi) is 5.13. The molecule has 0 spiro atoms. The Morgan fingerprint density at radius 2 is 1.92 bits per heavy atom. The number of halogens is 3. The first-order chi connectivity index (χ1) is 11.1. The van der Waals surface area contributed by atoms with Gasteiger partial charge in [0.2, 0.25) is 5.91 Å². The fourth-order valence-corrected chi connectivity index (χ4v) is 2.58. The van der Waals surface area contributed by atoms with Crippen LogP contribution in [-0.2, 0) is 11.2 Å². The number of aromatic nitrogens is 1. The number of alkyl halides is 3. The number of aryl methyl sites for hydroxylation is 2. The molecule has 1 atom stereocenters. The summed E-state index contributed by atoms with van der Waals surface area (Å²) in [6.45, 7) is 2.85. The molecule has 0 bridgehead atoms. The molecule has 1 heterocycles. The van der Waals surface area contributed by atoms with Crippen LogP contribution in [0.2, 0.25) is 0 Å². The number of carbonyl (C=O) groups excluding carboxylic acids is 1. The number of likely N-dealkylation sites (N-methyl/N-ethyl adjacent to an activating group) is 1. The Labute approximate surface area is 137 Å². The molecule has 130 valence electrons. The molecule has 0 aliphatic rings. The molecule has 2 rings (SSSR count). The van der Waals surface area contributed by atoms with Crippen LogP contribution in [0.4, 0.5) is 13.2 Å². The average molecular weight is 340 g/mol. The highest BCUT2D eigenvalue weighted by Gasteiger charge is 2.39. The van der Waals surface area contributed by atoms with Gasteiger partial charge in [0.15, 0.2) is 6.10 Å². The van der Waals surface area contributed by atoms with E-state index < -0.39 is 24.7 Å². The SMILES string of the molecule is Cc1nc2ccccc2c(C)c1CC(=O)N(C)CC(O)C(F)(F)F. The van der Waals surface area contributed by atoms with E-state index in [1.807, 2.05) is 31.2 Å². The summed E-state index contributed by atoms with van der Waals surface area (Å²) in [4.78, 5) is 17.6. The quantitative estimate of drug-likeness (QED) is 0.931. The van der Waals surface area contributed by atoms with Crippen LogP contribution in [0.15, 0.2) is 24.3 Å². The number of fused-ring (bicyclic) bond motifs is 1. The zero-order valence-electron chi connectivity index (χ0n) is 13.7. The minimum absolute atomic E-state index is 0.0590. The fourth-order valence-electron chi connectivity index (χ4n) is 2.58. The molecule has 1 N–H and O–H groups in total. The molecule has 2 aromatic rings. The normalized spacial score (nSPS) is 13.1. The summed E-state index contributed by atoms with van der Waals surface area (Å²) in [6, 6.07) is 7.49. The van der Waals surface area contributed by atoms with Crippen molar-refractivity contribution >= 4 is 16.8 Å². The lowest BCUT2D eigenvalue weighted by molar-refractivity contribution is -0.207. The predicted molar refractivity (Wildman–Crippen MR) is 84.6 cm³/mol. The first-order valence-corrected chi connectivity index (χ1v) is 7.44. The van der Waals surface area contributed by atoms with Gasteiger partial charge in [-0.15, -0.1) is 0 Å². The third kappa shape index (κ3) is 3.84. The zero-order chi connectivity index (χ0) is 18.1. The Bertz CT molecular complexity index is 759. The monoisotopic (exact) mass is 340 g/mol. The second-order valence-corrected chi connectivity index (χ2v) is 5.83. The van der Waals surface area contributed by atoms with Gasteiger partial charge >= 0.3 is 6.18 Å². The van der Waals surface area contributed by atoms with Crippen LogP contribution in [0.1, 0.15) is 16.8 Å². The highest BCUT2D eigenvalue weighted by molar-refractivity contribution is 5.86. The molecular weight excluding hydrogens is 321 g/mol. The van der Waals surface area contributed by atoms with E-state index in [4.69, 9.17) is 5.11 Å². The summed E-state index contributed by atoms with van der Waals surface area (Å²) in [6.07, 6.45) is -7.36. The summed E-state index contributed by atoms with van der Waals surface area (Å²) < 4.78 is 37.2. The van der Waals surface area contributed by atoms with Gasteiger partial charge in [0, 0.05) is 18.1 Å². The van der Waals surface area contributed by atoms with E-state index in [9.17, 15) is 18.0 Å². The lowest BCUT2D eigenvalue weighted by Crippen LogP contribution is -2.42. The van der Waals surface area contributed by atoms with E-state index in [0.29, 0.717) is 11.3 Å². The van der Waals surface area contributed by atoms with Crippen molar-refractivity contribution in [1.82, 2.24) is 9.88 Å². The molecule has 0 saturated carbocycles. The number of aliphatic hydroxyl groups excluding tert-OH is 1. The van der Waals surface area contributed by atoms with E-state index >= 15 is 0 Å². The summed E-state index contributed by atoms with van der Waals surface area (Å²) >= 11 is 0. The minimum atomic E-state index is -4.75. The van der Waals surface area contributed by atoms with Gasteiger partial charge in [-0.2, -0.15) is 13.2 Å². The van der Waals surface area contributed by atoms with Crippen molar-refractivity contribution in [3.05, 3.63) is 41.1 Å². The molecule has 4 nitrogen and oxygen atoms in total. The van der Waals surface area contributed by atoms with E-state index in [2.05, 4.69) is 4.98 Å². The Balaban J connectivity index is 2.21. The summed E-state index contributed by atoms with van der Waals surface area (Å²) in [5.41, 5.74) is 3.07. The Morgan fingerprint density at radius 3 is 2.54 bits per heavy atom. The van der Waals surface area contributed by atoms with Crippen molar-refractivity contribution in [2.75, 3.05) is 13.6 Å². The maximum absolute atomic E-state index is 12.4. The van der Waals surface area contributed by atoms with Crippen LogP contribution in [0.3, 0.4) is 0 Å². The number of para-hydroxylation sites is 1. The third-order valence-corrected chi connectivity index (χ3v) is 4.06. The summed E-state index contributed by atoms with van der Waals surface area (Å²) in [5.74, 6) is -0.499. The van der Waals surface area contributed by atoms with Gasteiger partial charge in [-0.1, -0.05) is 18.2 Å². The topological polar surface area (TPSA) is 53.4 Å². The van der Waals surface area contributed by atoms with Crippen LogP contribution < -0.4 is 0 Å². The number of rotatable bonds is 4. The second-order valence-electron chi connectivity index (χ2n) is 5.83. The molecule has 1 aromatic carbocycles. The first kappa shape index (κ1) is 18.2. The number of amides is 1. The zero-order valence-corrected chi connectivity index (χ0v) is 13.7. The molecule has 1 aromatic heterocycles. The average Bonchev–Trinajstić information content (AvgIpc) is 2.50.